The summed E-state index contributed by atoms with van der Waals surface area (Å²) >= 11 is 7.55. The van der Waals surface area contributed by atoms with Gasteiger partial charge in [0.1, 0.15) is 0 Å². The highest BCUT2D eigenvalue weighted by Crippen LogP contribution is 2.20. The predicted molar refractivity (Wildman–Crippen MR) is 74.2 cm³/mol. The Bertz CT molecular complexity index is 540. The van der Waals surface area contributed by atoms with Crippen LogP contribution >= 0.6 is 22.9 Å². The molecule has 0 saturated carbocycles. The molecule has 94 valence electrons. The van der Waals surface area contributed by atoms with Crippen molar-refractivity contribution in [1.82, 2.24) is 0 Å². The van der Waals surface area contributed by atoms with E-state index in [1.54, 1.807) is 23.5 Å². The number of nitrogens with two attached hydrogens (primary N) is 1. The minimum atomic E-state index is -0.421. The molecule has 3 nitrogen and oxygen atoms in total. The van der Waals surface area contributed by atoms with Crippen molar-refractivity contribution in [2.75, 3.05) is 12.3 Å². The molecule has 0 spiro atoms. The number of anilines is 1. The quantitative estimate of drug-likeness (QED) is 0.690. The van der Waals surface area contributed by atoms with Gasteiger partial charge in [-0.05, 0) is 40.6 Å². The van der Waals surface area contributed by atoms with Crippen LogP contribution in [0.1, 0.15) is 15.9 Å². The third kappa shape index (κ3) is 3.24. The van der Waals surface area contributed by atoms with E-state index in [9.17, 15) is 4.79 Å². The number of carbonyl (C=O) groups excluding carboxylic acids is 1. The van der Waals surface area contributed by atoms with Crippen molar-refractivity contribution in [2.45, 2.75) is 6.42 Å². The van der Waals surface area contributed by atoms with Crippen molar-refractivity contribution in [3.8, 4) is 0 Å². The molecule has 0 bridgehead atoms. The molecule has 0 atom stereocenters. The second kappa shape index (κ2) is 5.89. The highest BCUT2D eigenvalue weighted by atomic mass is 35.5. The normalized spacial score (nSPS) is 10.3. The molecule has 2 N–H and O–H groups in total. The minimum absolute atomic E-state index is 0.315. The number of carbonyl (C=O) groups is 1. The second-order valence-electron chi connectivity index (χ2n) is 3.76. The van der Waals surface area contributed by atoms with Crippen molar-refractivity contribution in [1.29, 1.82) is 0 Å². The molecule has 1 aromatic heterocycles. The van der Waals surface area contributed by atoms with Crippen molar-refractivity contribution in [2.24, 2.45) is 0 Å². The molecule has 0 radical (unpaired) electrons. The molecule has 18 heavy (non-hydrogen) atoms. The monoisotopic (exact) mass is 281 g/mol. The van der Waals surface area contributed by atoms with Gasteiger partial charge in [0.15, 0.2) is 0 Å². The highest BCUT2D eigenvalue weighted by molar-refractivity contribution is 7.07. The third-order valence-corrected chi connectivity index (χ3v) is 3.46. The standard InChI is InChI=1S/C13H12ClNO2S/c14-12-7-10(15)1-2-11(12)13(16)17-5-3-9-4-6-18-8-9/h1-2,4,6-8H,3,5,15H2. The molecular weight excluding hydrogens is 270 g/mol. The minimum Gasteiger partial charge on any atom is -0.462 e. The van der Waals surface area contributed by atoms with E-state index in [0.29, 0.717) is 29.3 Å². The van der Waals surface area contributed by atoms with Gasteiger partial charge in [0.25, 0.3) is 0 Å². The molecule has 0 aliphatic heterocycles. The maximum absolute atomic E-state index is 11.8. The smallest absolute Gasteiger partial charge is 0.339 e. The highest BCUT2D eigenvalue weighted by Gasteiger charge is 2.11. The number of hydrogen-bond donors (Lipinski definition) is 1. The van der Waals surface area contributed by atoms with Crippen LogP contribution in [0.4, 0.5) is 5.69 Å². The number of rotatable bonds is 4. The van der Waals surface area contributed by atoms with E-state index in [-0.39, 0.29) is 0 Å². The van der Waals surface area contributed by atoms with Gasteiger partial charge in [-0.2, -0.15) is 11.3 Å². The predicted octanol–water partition coefficient (Wildman–Crippen LogP) is 3.38. The number of esters is 1. The van der Waals surface area contributed by atoms with Crippen LogP contribution in [0.2, 0.25) is 5.02 Å². The molecule has 1 heterocycles. The van der Waals surface area contributed by atoms with Gasteiger partial charge in [-0.3, -0.25) is 0 Å². The number of benzene rings is 1. The summed E-state index contributed by atoms with van der Waals surface area (Å²) in [5.74, 6) is -0.421. The Kier molecular flexibility index (Phi) is 4.23. The Morgan fingerprint density at radius 2 is 2.22 bits per heavy atom. The van der Waals surface area contributed by atoms with Crippen molar-refractivity contribution in [3.05, 3.63) is 51.2 Å². The molecule has 0 aliphatic carbocycles. The van der Waals surface area contributed by atoms with Crippen LogP contribution in [0.15, 0.2) is 35.0 Å². The average molecular weight is 282 g/mol. The van der Waals surface area contributed by atoms with Gasteiger partial charge in [0.2, 0.25) is 0 Å². The zero-order valence-corrected chi connectivity index (χ0v) is 11.1. The number of ether oxygens (including phenoxy) is 1. The van der Waals surface area contributed by atoms with E-state index in [4.69, 9.17) is 22.1 Å². The maximum Gasteiger partial charge on any atom is 0.339 e. The molecule has 0 saturated heterocycles. The fourth-order valence-corrected chi connectivity index (χ4v) is 2.44. The molecule has 1 aromatic carbocycles. The Balaban J connectivity index is 1.91. The SMILES string of the molecule is Nc1ccc(C(=O)OCCc2ccsc2)c(Cl)c1. The lowest BCUT2D eigenvalue weighted by Crippen LogP contribution is -2.08. The Labute approximate surface area is 114 Å². The Morgan fingerprint density at radius 3 is 2.89 bits per heavy atom. The van der Waals surface area contributed by atoms with Crippen LogP contribution < -0.4 is 5.73 Å². The van der Waals surface area contributed by atoms with E-state index >= 15 is 0 Å². The molecule has 2 rings (SSSR count). The Hall–Kier alpha value is -1.52. The number of hydrogen-bond acceptors (Lipinski definition) is 4. The summed E-state index contributed by atoms with van der Waals surface area (Å²) in [6, 6.07) is 6.75. The van der Waals surface area contributed by atoms with Crippen LogP contribution in [0.3, 0.4) is 0 Å². The van der Waals surface area contributed by atoms with E-state index in [0.717, 1.165) is 5.56 Å². The lowest BCUT2D eigenvalue weighted by Gasteiger charge is -2.06. The number of nitrogen functional groups attached to an aromatic ring is 1. The molecule has 0 aliphatic rings. The van der Waals surface area contributed by atoms with E-state index in [2.05, 4.69) is 0 Å². The van der Waals surface area contributed by atoms with Gasteiger partial charge in [0.05, 0.1) is 17.2 Å². The van der Waals surface area contributed by atoms with E-state index in [1.165, 1.54) is 6.07 Å². The largest absolute Gasteiger partial charge is 0.462 e. The molecule has 0 unspecified atom stereocenters. The number of halogens is 1. The van der Waals surface area contributed by atoms with Crippen molar-refractivity contribution < 1.29 is 9.53 Å². The van der Waals surface area contributed by atoms with Crippen LogP contribution in [-0.2, 0) is 11.2 Å². The number of thiophene rings is 1. The first-order valence-corrected chi connectivity index (χ1v) is 6.72. The first-order valence-electron chi connectivity index (χ1n) is 5.40. The maximum atomic E-state index is 11.8. The summed E-state index contributed by atoms with van der Waals surface area (Å²) in [5, 5.41) is 4.34. The fourth-order valence-electron chi connectivity index (χ4n) is 1.47. The van der Waals surface area contributed by atoms with Gasteiger partial charge in [-0.15, -0.1) is 0 Å². The van der Waals surface area contributed by atoms with Gasteiger partial charge < -0.3 is 10.5 Å². The zero-order valence-electron chi connectivity index (χ0n) is 9.56. The topological polar surface area (TPSA) is 52.3 Å². The fraction of sp³-hybridized carbons (Fsp3) is 0.154. The zero-order chi connectivity index (χ0) is 13.0. The van der Waals surface area contributed by atoms with Crippen molar-refractivity contribution >= 4 is 34.6 Å². The molecule has 2 aromatic rings. The van der Waals surface area contributed by atoms with E-state index < -0.39 is 5.97 Å². The first kappa shape index (κ1) is 12.9. The lowest BCUT2D eigenvalue weighted by atomic mass is 10.2. The van der Waals surface area contributed by atoms with Gasteiger partial charge >= 0.3 is 5.97 Å². The van der Waals surface area contributed by atoms with Gasteiger partial charge in [0, 0.05) is 12.1 Å². The molecular formula is C13H12ClNO2S. The summed E-state index contributed by atoms with van der Waals surface area (Å²) in [4.78, 5) is 11.8. The van der Waals surface area contributed by atoms with Crippen LogP contribution in [-0.4, -0.2) is 12.6 Å². The average Bonchev–Trinajstić information content (AvgIpc) is 2.81. The summed E-state index contributed by atoms with van der Waals surface area (Å²) in [6.07, 6.45) is 0.710. The Morgan fingerprint density at radius 1 is 1.39 bits per heavy atom. The van der Waals surface area contributed by atoms with Gasteiger partial charge in [-0.25, -0.2) is 4.79 Å². The summed E-state index contributed by atoms with van der Waals surface area (Å²) in [7, 11) is 0. The molecule has 0 fully saturated rings. The second-order valence-corrected chi connectivity index (χ2v) is 4.94. The van der Waals surface area contributed by atoms with E-state index in [1.807, 2.05) is 16.8 Å². The first-order chi connectivity index (χ1) is 8.66. The van der Waals surface area contributed by atoms with Crippen LogP contribution in [0.5, 0.6) is 0 Å². The van der Waals surface area contributed by atoms with Gasteiger partial charge in [-0.1, -0.05) is 11.6 Å². The molecule has 5 heteroatoms. The summed E-state index contributed by atoms with van der Waals surface area (Å²) in [5.41, 5.74) is 7.59. The molecule has 0 amide bonds. The van der Waals surface area contributed by atoms with Crippen LogP contribution in [0, 0.1) is 0 Å². The van der Waals surface area contributed by atoms with Crippen molar-refractivity contribution in [3.63, 3.8) is 0 Å². The summed E-state index contributed by atoms with van der Waals surface area (Å²) in [6.45, 7) is 0.344. The lowest BCUT2D eigenvalue weighted by molar-refractivity contribution is 0.0509. The summed E-state index contributed by atoms with van der Waals surface area (Å²) < 4.78 is 5.16. The third-order valence-electron chi connectivity index (χ3n) is 2.42. The van der Waals surface area contributed by atoms with Crippen LogP contribution in [0.25, 0.3) is 0 Å².